The first kappa shape index (κ1) is 9.22. The van der Waals surface area contributed by atoms with Gasteiger partial charge in [-0.15, -0.1) is 0 Å². The van der Waals surface area contributed by atoms with Gasteiger partial charge in [-0.25, -0.2) is 0 Å². The first-order chi connectivity index (χ1) is 7.36. The molecule has 0 amide bonds. The summed E-state index contributed by atoms with van der Waals surface area (Å²) >= 11 is 0. The molecule has 1 heterocycles. The Bertz CT molecular complexity index is 371. The van der Waals surface area contributed by atoms with Crippen molar-refractivity contribution in [1.29, 1.82) is 0 Å². The smallest absolute Gasteiger partial charge is 0.122 e. The lowest BCUT2D eigenvalue weighted by Gasteiger charge is -2.33. The van der Waals surface area contributed by atoms with Gasteiger partial charge < -0.3 is 10.5 Å². The molecule has 1 spiro atoms. The van der Waals surface area contributed by atoms with E-state index < -0.39 is 0 Å². The van der Waals surface area contributed by atoms with Crippen LogP contribution in [-0.4, -0.2) is 13.2 Å². The van der Waals surface area contributed by atoms with Crippen molar-refractivity contribution in [3.63, 3.8) is 0 Å². The predicted molar refractivity (Wildman–Crippen MR) is 60.0 cm³/mol. The molecular weight excluding hydrogens is 186 g/mol. The zero-order chi connectivity index (χ0) is 10.3. The molecule has 15 heavy (non-hydrogen) atoms. The van der Waals surface area contributed by atoms with Crippen molar-refractivity contribution < 1.29 is 4.74 Å². The van der Waals surface area contributed by atoms with Gasteiger partial charge in [-0.05, 0) is 43.4 Å². The second kappa shape index (κ2) is 3.24. The topological polar surface area (TPSA) is 35.2 Å². The largest absolute Gasteiger partial charge is 0.493 e. The molecule has 1 atom stereocenters. The molecule has 80 valence electrons. The lowest BCUT2D eigenvalue weighted by molar-refractivity contribution is 0.171. The van der Waals surface area contributed by atoms with Crippen LogP contribution in [0.2, 0.25) is 0 Å². The van der Waals surface area contributed by atoms with E-state index in [1.807, 2.05) is 6.07 Å². The fraction of sp³-hybridized carbons (Fsp3) is 0.538. The normalized spacial score (nSPS) is 25.8. The summed E-state index contributed by atoms with van der Waals surface area (Å²) in [5.74, 6) is 1.71. The van der Waals surface area contributed by atoms with E-state index in [1.54, 1.807) is 0 Å². The average molecular weight is 203 g/mol. The molecule has 1 aromatic rings. The molecule has 3 rings (SSSR count). The third-order valence-electron chi connectivity index (χ3n) is 3.90. The quantitative estimate of drug-likeness (QED) is 0.800. The van der Waals surface area contributed by atoms with E-state index in [9.17, 15) is 0 Å². The molecule has 0 aromatic heterocycles. The molecule has 2 nitrogen and oxygen atoms in total. The number of nitrogens with two attached hydrogens (primary N) is 1. The van der Waals surface area contributed by atoms with Crippen LogP contribution in [0.3, 0.4) is 0 Å². The van der Waals surface area contributed by atoms with Gasteiger partial charge in [-0.2, -0.15) is 0 Å². The maximum absolute atomic E-state index is 5.84. The van der Waals surface area contributed by atoms with Crippen LogP contribution in [0.25, 0.3) is 0 Å². The summed E-state index contributed by atoms with van der Waals surface area (Å²) < 4.78 is 5.84. The van der Waals surface area contributed by atoms with Crippen molar-refractivity contribution in [3.8, 4) is 5.75 Å². The molecular formula is C13H17NO. The molecule has 1 aromatic carbocycles. The lowest BCUT2D eigenvalue weighted by Crippen LogP contribution is -2.29. The Labute approximate surface area is 90.4 Å². The molecule has 2 aliphatic rings. The first-order valence-corrected chi connectivity index (χ1v) is 5.77. The zero-order valence-corrected chi connectivity index (χ0v) is 8.91. The third-order valence-corrected chi connectivity index (χ3v) is 3.90. The van der Waals surface area contributed by atoms with Crippen molar-refractivity contribution >= 4 is 0 Å². The van der Waals surface area contributed by atoms with Gasteiger partial charge in [-0.1, -0.05) is 18.2 Å². The van der Waals surface area contributed by atoms with Gasteiger partial charge in [0, 0.05) is 5.41 Å². The molecule has 1 aliphatic carbocycles. The number of fused-ring (bicyclic) bond motifs is 1. The Morgan fingerprint density at radius 2 is 2.13 bits per heavy atom. The Kier molecular flexibility index (Phi) is 1.99. The zero-order valence-electron chi connectivity index (χ0n) is 8.91. The van der Waals surface area contributed by atoms with Crippen LogP contribution in [0.5, 0.6) is 5.75 Å². The summed E-state index contributed by atoms with van der Waals surface area (Å²) in [7, 11) is 0. The van der Waals surface area contributed by atoms with Gasteiger partial charge in [0.25, 0.3) is 0 Å². The maximum Gasteiger partial charge on any atom is 0.122 e. The van der Waals surface area contributed by atoms with E-state index in [1.165, 1.54) is 18.4 Å². The SMILES string of the molecule is NCCC1c2ccccc2OCC12CC2. The molecule has 2 N–H and O–H groups in total. The maximum atomic E-state index is 5.84. The van der Waals surface area contributed by atoms with E-state index in [0.717, 1.165) is 25.3 Å². The van der Waals surface area contributed by atoms with Crippen LogP contribution in [0.4, 0.5) is 0 Å². The van der Waals surface area contributed by atoms with Gasteiger partial charge in [0.1, 0.15) is 5.75 Å². The lowest BCUT2D eigenvalue weighted by atomic mass is 9.79. The van der Waals surface area contributed by atoms with Crippen LogP contribution in [-0.2, 0) is 0 Å². The molecule has 1 unspecified atom stereocenters. The summed E-state index contributed by atoms with van der Waals surface area (Å²) in [6, 6.07) is 8.43. The second-order valence-electron chi connectivity index (χ2n) is 4.82. The van der Waals surface area contributed by atoms with Gasteiger partial charge >= 0.3 is 0 Å². The van der Waals surface area contributed by atoms with E-state index in [4.69, 9.17) is 10.5 Å². The Morgan fingerprint density at radius 3 is 2.87 bits per heavy atom. The predicted octanol–water partition coefficient (Wildman–Crippen LogP) is 2.29. The standard InChI is InChI=1S/C13H17NO/c14-8-5-11-10-3-1-2-4-12(10)15-9-13(11)6-7-13/h1-4,11H,5-9,14H2. The number of rotatable bonds is 2. The third kappa shape index (κ3) is 1.36. The van der Waals surface area contributed by atoms with Gasteiger partial charge in [0.05, 0.1) is 6.61 Å². The van der Waals surface area contributed by atoms with E-state index in [-0.39, 0.29) is 0 Å². The molecule has 0 bridgehead atoms. The highest BCUT2D eigenvalue weighted by Gasteiger charge is 2.52. The minimum absolute atomic E-state index is 0.438. The molecule has 1 aliphatic heterocycles. The van der Waals surface area contributed by atoms with E-state index >= 15 is 0 Å². The van der Waals surface area contributed by atoms with Gasteiger partial charge in [0.2, 0.25) is 0 Å². The fourth-order valence-electron chi connectivity index (χ4n) is 2.83. The monoisotopic (exact) mass is 203 g/mol. The number of hydrogen-bond acceptors (Lipinski definition) is 2. The molecule has 0 saturated heterocycles. The minimum Gasteiger partial charge on any atom is -0.493 e. The summed E-state index contributed by atoms with van der Waals surface area (Å²) in [5, 5.41) is 0. The van der Waals surface area contributed by atoms with E-state index in [0.29, 0.717) is 11.3 Å². The van der Waals surface area contributed by atoms with Crippen molar-refractivity contribution in [2.24, 2.45) is 11.1 Å². The highest BCUT2D eigenvalue weighted by atomic mass is 16.5. The number of ether oxygens (including phenoxy) is 1. The van der Waals surface area contributed by atoms with Crippen LogP contribution in [0, 0.1) is 5.41 Å². The number of benzene rings is 1. The van der Waals surface area contributed by atoms with Crippen LogP contribution in [0.1, 0.15) is 30.7 Å². The molecule has 1 fully saturated rings. The number of para-hydroxylation sites is 1. The van der Waals surface area contributed by atoms with Crippen molar-refractivity contribution in [2.45, 2.75) is 25.2 Å². The molecule has 0 radical (unpaired) electrons. The highest BCUT2D eigenvalue weighted by molar-refractivity contribution is 5.41. The van der Waals surface area contributed by atoms with Crippen molar-refractivity contribution in [1.82, 2.24) is 0 Å². The Morgan fingerprint density at radius 1 is 1.33 bits per heavy atom. The number of hydrogen-bond donors (Lipinski definition) is 1. The average Bonchev–Trinajstić information content (AvgIpc) is 3.04. The second-order valence-corrected chi connectivity index (χ2v) is 4.82. The minimum atomic E-state index is 0.438. The Balaban J connectivity index is 2.00. The summed E-state index contributed by atoms with van der Waals surface area (Å²) in [6.07, 6.45) is 3.72. The van der Waals surface area contributed by atoms with Crippen LogP contribution < -0.4 is 10.5 Å². The van der Waals surface area contributed by atoms with Crippen LogP contribution in [0.15, 0.2) is 24.3 Å². The van der Waals surface area contributed by atoms with Crippen molar-refractivity contribution in [3.05, 3.63) is 29.8 Å². The summed E-state index contributed by atoms with van der Waals surface area (Å²) in [5.41, 5.74) is 7.54. The van der Waals surface area contributed by atoms with Gasteiger partial charge in [-0.3, -0.25) is 0 Å². The summed E-state index contributed by atoms with van der Waals surface area (Å²) in [6.45, 7) is 1.68. The Hall–Kier alpha value is -1.02. The van der Waals surface area contributed by atoms with Gasteiger partial charge in [0.15, 0.2) is 0 Å². The van der Waals surface area contributed by atoms with E-state index in [2.05, 4.69) is 18.2 Å². The first-order valence-electron chi connectivity index (χ1n) is 5.77. The fourth-order valence-corrected chi connectivity index (χ4v) is 2.83. The van der Waals surface area contributed by atoms with Crippen LogP contribution >= 0.6 is 0 Å². The molecule has 1 saturated carbocycles. The summed E-state index contributed by atoms with van der Waals surface area (Å²) in [4.78, 5) is 0. The van der Waals surface area contributed by atoms with Crippen molar-refractivity contribution in [2.75, 3.05) is 13.2 Å². The molecule has 2 heteroatoms. The highest BCUT2D eigenvalue weighted by Crippen LogP contribution is 2.60.